The van der Waals surface area contributed by atoms with E-state index in [-0.39, 0.29) is 48.1 Å². The fraction of sp³-hybridized carbons (Fsp3) is 0.389. The Morgan fingerprint density at radius 1 is 0.910 bits per heavy atom. The van der Waals surface area contributed by atoms with E-state index in [9.17, 15) is 25.5 Å². The Balaban J connectivity index is 1.16. The third-order valence-corrected chi connectivity index (χ3v) is 16.3. The highest BCUT2D eigenvalue weighted by molar-refractivity contribution is 8.76. The number of carbonyl (C=O) groups is 1. The van der Waals surface area contributed by atoms with Crippen LogP contribution in [0.4, 0.5) is 0 Å². The molecule has 5 aromatic carbocycles. The number of hydrogen-bond donors (Lipinski definition) is 7. The van der Waals surface area contributed by atoms with Gasteiger partial charge in [0.1, 0.15) is 18.3 Å². The third kappa shape index (κ3) is 11.3. The molecule has 4 atom stereocenters. The number of aliphatic hydroxyl groups excluding tert-OH is 1. The van der Waals surface area contributed by atoms with E-state index in [0.29, 0.717) is 54.4 Å². The van der Waals surface area contributed by atoms with Gasteiger partial charge in [-0.2, -0.15) is 12.4 Å². The van der Waals surface area contributed by atoms with Crippen molar-refractivity contribution in [2.45, 2.75) is 93.6 Å². The van der Waals surface area contributed by atoms with Crippen LogP contribution in [0.2, 0.25) is 0 Å². The summed E-state index contributed by atoms with van der Waals surface area (Å²) in [4.78, 5) is 19.6. The molecule has 2 aliphatic rings. The second-order valence-electron chi connectivity index (χ2n) is 18.5. The van der Waals surface area contributed by atoms with Crippen LogP contribution in [-0.2, 0) is 41.8 Å². The minimum atomic E-state index is -1.10. The number of β-amino-alcohol motifs (C(OH)–C–C–N with tert-alkyl or cyclic N) is 1. The molecule has 6 aromatic rings. The van der Waals surface area contributed by atoms with Crippen molar-refractivity contribution < 1.29 is 39.8 Å². The zero-order valence-electron chi connectivity index (χ0n) is 38.5. The summed E-state index contributed by atoms with van der Waals surface area (Å²) in [6.07, 6.45) is 7.59. The third-order valence-electron chi connectivity index (χ3n) is 13.8. The van der Waals surface area contributed by atoms with Gasteiger partial charge in [0.25, 0.3) is 0 Å². The van der Waals surface area contributed by atoms with E-state index in [1.807, 2.05) is 49.5 Å². The Kier molecular flexibility index (Phi) is 15.5. The Morgan fingerprint density at radius 2 is 1.69 bits per heavy atom. The van der Waals surface area contributed by atoms with E-state index < -0.39 is 23.5 Å². The average molecular weight is 945 g/mol. The van der Waals surface area contributed by atoms with Crippen LogP contribution in [0, 0.1) is 5.92 Å². The number of rotatable bonds is 16. The maximum atomic E-state index is 15.3. The lowest BCUT2D eigenvalue weighted by Gasteiger charge is -2.31. The molecule has 1 saturated carbocycles. The Hall–Kier alpha value is -5.15. The first kappa shape index (κ1) is 48.3. The smallest absolute Gasteiger partial charge is 0.167 e. The molecule has 1 aliphatic carbocycles. The van der Waals surface area contributed by atoms with Gasteiger partial charge in [-0.3, -0.25) is 10.1 Å². The van der Waals surface area contributed by atoms with Gasteiger partial charge in [-0.25, -0.2) is 0 Å². The van der Waals surface area contributed by atoms with Crippen molar-refractivity contribution in [3.05, 3.63) is 148 Å². The monoisotopic (exact) mass is 944 g/mol. The van der Waals surface area contributed by atoms with E-state index in [0.717, 1.165) is 75.4 Å². The van der Waals surface area contributed by atoms with Crippen LogP contribution >= 0.6 is 21.6 Å². The fourth-order valence-corrected chi connectivity index (χ4v) is 12.7. The van der Waals surface area contributed by atoms with Gasteiger partial charge in [0, 0.05) is 53.5 Å². The normalized spacial score (nSPS) is 18.9. The number of methoxy groups -OCH3 is 1. The molecule has 0 saturated heterocycles. The van der Waals surface area contributed by atoms with Crippen molar-refractivity contribution in [2.24, 2.45) is 5.92 Å². The molecule has 7 N–H and O–H groups in total. The number of hydrogen-bond acceptors (Lipinski definition) is 12. The minimum Gasteiger partial charge on any atom is -0.670 e. The van der Waals surface area contributed by atoms with Crippen molar-refractivity contribution in [3.63, 3.8) is 0 Å². The van der Waals surface area contributed by atoms with Gasteiger partial charge in [-0.1, -0.05) is 107 Å². The molecular formula is C54H62N3O8S2-. The molecule has 0 radical (unpaired) electrons. The van der Waals surface area contributed by atoms with Crippen LogP contribution < -0.4 is 25.1 Å². The summed E-state index contributed by atoms with van der Waals surface area (Å²) in [6.45, 7) is 2.13. The van der Waals surface area contributed by atoms with Gasteiger partial charge >= 0.3 is 0 Å². The van der Waals surface area contributed by atoms with Crippen molar-refractivity contribution >= 4 is 38.1 Å². The van der Waals surface area contributed by atoms with E-state index in [2.05, 4.69) is 39.9 Å². The number of Topliss-reactive ketones (excluding diaryl/α,β-unsaturated/α-hetero) is 1. The Morgan fingerprint density at radius 3 is 2.46 bits per heavy atom. The number of aliphatic hydroxyl groups is 2. The van der Waals surface area contributed by atoms with Crippen molar-refractivity contribution in [1.29, 1.82) is 0 Å². The van der Waals surface area contributed by atoms with E-state index in [4.69, 9.17) is 9.47 Å². The summed E-state index contributed by atoms with van der Waals surface area (Å²) >= 11 is 0. The molecule has 354 valence electrons. The number of nitrogens with zero attached hydrogens (tertiary/aromatic N) is 1. The number of ketones is 1. The average Bonchev–Trinajstić information content (AvgIpc) is 4.03. The van der Waals surface area contributed by atoms with Crippen LogP contribution in [0.25, 0.3) is 10.8 Å². The first-order valence-electron chi connectivity index (χ1n) is 23.1. The number of carbonyl (C=O) groups excluding carboxylic acids is 1. The molecular weight excluding hydrogens is 883 g/mol. The number of ether oxygens (including phenoxy) is 2. The number of phenolic OH excluding ortho intramolecular Hbond substituents is 3. The number of aromatic nitrogens is 1. The van der Waals surface area contributed by atoms with Crippen molar-refractivity contribution in [3.8, 4) is 28.7 Å². The van der Waals surface area contributed by atoms with E-state index >= 15 is 4.79 Å². The standard InChI is InChI=1S/C54H62N3O8S2/c1-53(63)31-57-33-65-52-46(30-66-67-32-53)38(14-16-48(52)60)25-44(39-23-41(27-42(58)24-39)54(55-2)18-6-7-19-54)50(62)28-49(61)40(21-34-17-20-56-29-34)22-37-13-15-47(59)51(64-3)45(37)26-36-11-8-10-35-9-4-5-12-43(35)36/h4-5,8-17,20,23-24,27,29,40,44,49,55,57-61,63H,6-7,18-19,21-22,25-26,28,30-33H2,1-3H3/q-1/t40-,44-,49-,53+/m1/s1. The fourth-order valence-electron chi connectivity index (χ4n) is 10.1. The molecule has 0 unspecified atom stereocenters. The zero-order chi connectivity index (χ0) is 47.1. The van der Waals surface area contributed by atoms with E-state index in [1.54, 1.807) is 61.5 Å². The van der Waals surface area contributed by atoms with Crippen LogP contribution in [-0.4, -0.2) is 76.2 Å². The molecule has 1 aromatic heterocycles. The zero-order valence-corrected chi connectivity index (χ0v) is 40.1. The summed E-state index contributed by atoms with van der Waals surface area (Å²) in [5, 5.41) is 66.0. The number of fused-ring (bicyclic) bond motifs is 2. The molecule has 13 heteroatoms. The molecule has 1 aliphatic heterocycles. The predicted octanol–water partition coefficient (Wildman–Crippen LogP) is 8.82. The van der Waals surface area contributed by atoms with Crippen molar-refractivity contribution in [1.82, 2.24) is 15.6 Å². The highest BCUT2D eigenvalue weighted by atomic mass is 33.1. The lowest BCUT2D eigenvalue weighted by molar-refractivity contribution is -0.123. The maximum Gasteiger partial charge on any atom is 0.167 e. The molecule has 2 heterocycles. The van der Waals surface area contributed by atoms with E-state index in [1.165, 1.54) is 10.8 Å². The van der Waals surface area contributed by atoms with Gasteiger partial charge in [0.15, 0.2) is 23.0 Å². The lowest BCUT2D eigenvalue weighted by Crippen LogP contribution is -2.41. The van der Waals surface area contributed by atoms with Crippen LogP contribution in [0.3, 0.4) is 0 Å². The minimum absolute atomic E-state index is 0.0231. The summed E-state index contributed by atoms with van der Waals surface area (Å²) < 4.78 is 12.0. The molecule has 0 bridgehead atoms. The van der Waals surface area contributed by atoms with Gasteiger partial charge in [0.05, 0.1) is 18.8 Å². The Labute approximate surface area is 401 Å². The number of benzene rings is 5. The molecule has 0 spiro atoms. The van der Waals surface area contributed by atoms with Gasteiger partial charge in [-0.05, 0) is 115 Å². The number of nitrogens with one attached hydrogen (secondary N) is 2. The van der Waals surface area contributed by atoms with Gasteiger partial charge < -0.3 is 45.3 Å². The first-order valence-corrected chi connectivity index (χ1v) is 25.6. The second-order valence-corrected chi connectivity index (χ2v) is 21.0. The SMILES string of the molecule is CNC1(c2cc(O)cc([C@@H](Cc3ccc(O)c4c3CSSC[C@@](C)(O)CNCO4)C(=O)C[C@@H](O)[C@H](Cc3cc[n-]c3)Cc3ccc(O)c(OC)c3Cc3cccc4ccccc34)c2)CCCC1. The quantitative estimate of drug-likeness (QED) is 0.0459. The Bertz CT molecular complexity index is 2640. The molecule has 67 heavy (non-hydrogen) atoms. The number of phenols is 3. The topological polar surface area (TPSA) is 175 Å². The van der Waals surface area contributed by atoms with Crippen LogP contribution in [0.15, 0.2) is 103 Å². The second kappa shape index (κ2) is 21.4. The molecule has 8 rings (SSSR count). The number of aromatic hydroxyl groups is 3. The molecule has 1 fully saturated rings. The maximum absolute atomic E-state index is 15.3. The van der Waals surface area contributed by atoms with Gasteiger partial charge in [-0.15, -0.1) is 0 Å². The summed E-state index contributed by atoms with van der Waals surface area (Å²) in [6, 6.07) is 28.8. The highest BCUT2D eigenvalue weighted by Gasteiger charge is 2.36. The van der Waals surface area contributed by atoms with Crippen molar-refractivity contribution in [2.75, 3.05) is 33.2 Å². The van der Waals surface area contributed by atoms with Crippen LogP contribution in [0.5, 0.6) is 28.7 Å². The summed E-state index contributed by atoms with van der Waals surface area (Å²) in [5.74, 6) is 0.213. The van der Waals surface area contributed by atoms with Crippen LogP contribution in [0.1, 0.15) is 89.5 Å². The predicted molar refractivity (Wildman–Crippen MR) is 267 cm³/mol. The first-order chi connectivity index (χ1) is 32.4. The molecule has 11 nitrogen and oxygen atoms in total. The summed E-state index contributed by atoms with van der Waals surface area (Å²) in [5.41, 5.74) is 5.46. The molecule has 0 amide bonds. The largest absolute Gasteiger partial charge is 0.670 e. The highest BCUT2D eigenvalue weighted by Crippen LogP contribution is 2.44. The lowest BCUT2D eigenvalue weighted by atomic mass is 9.79. The van der Waals surface area contributed by atoms with Gasteiger partial charge in [0.2, 0.25) is 0 Å². The summed E-state index contributed by atoms with van der Waals surface area (Å²) in [7, 11) is 6.56.